The van der Waals surface area contributed by atoms with E-state index in [2.05, 4.69) is 34.6 Å². The van der Waals surface area contributed by atoms with Gasteiger partial charge in [-0.3, -0.25) is 9.67 Å². The number of carbonyl (C=O) groups is 1. The lowest BCUT2D eigenvalue weighted by Gasteiger charge is -2.18. The Morgan fingerprint density at radius 3 is 2.53 bits per heavy atom. The molecule has 0 radical (unpaired) electrons. The molecule has 0 saturated carbocycles. The Bertz CT molecular complexity index is 895. The molecule has 0 bridgehead atoms. The van der Waals surface area contributed by atoms with Gasteiger partial charge in [-0.2, -0.15) is 5.10 Å². The molecule has 9 heteroatoms. The standard InChI is InChI=1S/C21H31N5O3.HI/c1-13(10-18-14(2)25-26(5)15(18)3)24-21(22-4)23-12-16-8-9-17(20(27)29-7)19(11-16)28-6;/h8-9,11,13H,10,12H2,1-7H3,(H2,22,23,24);1H. The highest BCUT2D eigenvalue weighted by Crippen LogP contribution is 2.21. The number of aromatic nitrogens is 2. The Labute approximate surface area is 195 Å². The summed E-state index contributed by atoms with van der Waals surface area (Å²) in [6.07, 6.45) is 0.855. The van der Waals surface area contributed by atoms with E-state index in [-0.39, 0.29) is 30.0 Å². The lowest BCUT2D eigenvalue weighted by molar-refractivity contribution is 0.0597. The normalized spacial score (nSPS) is 12.0. The van der Waals surface area contributed by atoms with Gasteiger partial charge in [-0.15, -0.1) is 24.0 Å². The summed E-state index contributed by atoms with van der Waals surface area (Å²) >= 11 is 0. The second-order valence-corrected chi connectivity index (χ2v) is 6.97. The number of aliphatic imine (C=N–C) groups is 1. The van der Waals surface area contributed by atoms with Crippen molar-refractivity contribution in [3.63, 3.8) is 0 Å². The number of benzene rings is 1. The van der Waals surface area contributed by atoms with Crippen molar-refractivity contribution < 1.29 is 14.3 Å². The number of nitrogens with zero attached hydrogens (tertiary/aromatic N) is 3. The Hall–Kier alpha value is -2.30. The highest BCUT2D eigenvalue weighted by atomic mass is 127. The van der Waals surface area contributed by atoms with Crippen molar-refractivity contribution in [2.24, 2.45) is 12.0 Å². The Kier molecular flexibility index (Phi) is 10.1. The fraction of sp³-hybridized carbons (Fsp3) is 0.476. The zero-order valence-electron chi connectivity index (χ0n) is 18.7. The first-order valence-corrected chi connectivity index (χ1v) is 9.52. The van der Waals surface area contributed by atoms with Crippen LogP contribution in [0.3, 0.4) is 0 Å². The number of hydrogen-bond donors (Lipinski definition) is 2. The highest BCUT2D eigenvalue weighted by molar-refractivity contribution is 14.0. The third-order valence-corrected chi connectivity index (χ3v) is 4.91. The first kappa shape index (κ1) is 25.7. The van der Waals surface area contributed by atoms with Crippen LogP contribution in [-0.4, -0.2) is 49.0 Å². The minimum atomic E-state index is -0.423. The molecule has 2 aromatic rings. The molecule has 0 aliphatic heterocycles. The number of aryl methyl sites for hydroxylation is 2. The molecule has 1 atom stereocenters. The number of ether oxygens (including phenoxy) is 2. The SMILES string of the molecule is CN=C(NCc1ccc(C(=O)OC)c(OC)c1)NC(C)Cc1c(C)nn(C)c1C.I. The molecule has 0 fully saturated rings. The molecule has 1 aromatic carbocycles. The topological polar surface area (TPSA) is 89.8 Å². The van der Waals surface area contributed by atoms with Crippen LogP contribution >= 0.6 is 24.0 Å². The van der Waals surface area contributed by atoms with Crippen LogP contribution in [0.4, 0.5) is 0 Å². The number of esters is 1. The molecule has 0 spiro atoms. The van der Waals surface area contributed by atoms with Gasteiger partial charge in [0.1, 0.15) is 11.3 Å². The monoisotopic (exact) mass is 529 g/mol. The highest BCUT2D eigenvalue weighted by Gasteiger charge is 2.15. The number of halogens is 1. The summed E-state index contributed by atoms with van der Waals surface area (Å²) < 4.78 is 12.0. The van der Waals surface area contributed by atoms with E-state index in [4.69, 9.17) is 9.47 Å². The minimum Gasteiger partial charge on any atom is -0.496 e. The van der Waals surface area contributed by atoms with Crippen LogP contribution in [0.2, 0.25) is 0 Å². The van der Waals surface area contributed by atoms with Crippen molar-refractivity contribution in [3.05, 3.63) is 46.3 Å². The summed E-state index contributed by atoms with van der Waals surface area (Å²) in [5, 5.41) is 11.2. The molecule has 0 saturated heterocycles. The molecule has 1 unspecified atom stereocenters. The summed E-state index contributed by atoms with van der Waals surface area (Å²) in [6.45, 7) is 6.77. The van der Waals surface area contributed by atoms with E-state index in [1.807, 2.05) is 30.8 Å². The van der Waals surface area contributed by atoms with E-state index >= 15 is 0 Å². The molecule has 2 rings (SSSR count). The maximum atomic E-state index is 11.8. The van der Waals surface area contributed by atoms with E-state index in [9.17, 15) is 4.79 Å². The minimum absolute atomic E-state index is 0. The third kappa shape index (κ3) is 6.35. The number of guanidine groups is 1. The van der Waals surface area contributed by atoms with Crippen LogP contribution < -0.4 is 15.4 Å². The summed E-state index contributed by atoms with van der Waals surface area (Å²) in [5.41, 5.74) is 4.85. The van der Waals surface area contributed by atoms with Crippen molar-refractivity contribution in [3.8, 4) is 5.75 Å². The second-order valence-electron chi connectivity index (χ2n) is 6.97. The summed E-state index contributed by atoms with van der Waals surface area (Å²) in [4.78, 5) is 16.1. The summed E-state index contributed by atoms with van der Waals surface area (Å²) in [7, 11) is 6.58. The van der Waals surface area contributed by atoms with Gasteiger partial charge in [-0.25, -0.2) is 4.79 Å². The number of hydrogen-bond acceptors (Lipinski definition) is 5. The molecular formula is C21H32IN5O3. The predicted molar refractivity (Wildman–Crippen MR) is 129 cm³/mol. The average molecular weight is 529 g/mol. The van der Waals surface area contributed by atoms with Gasteiger partial charge in [0.05, 0.1) is 19.9 Å². The molecule has 30 heavy (non-hydrogen) atoms. The smallest absolute Gasteiger partial charge is 0.341 e. The number of methoxy groups -OCH3 is 2. The van der Waals surface area contributed by atoms with E-state index in [1.165, 1.54) is 25.5 Å². The lowest BCUT2D eigenvalue weighted by Crippen LogP contribution is -2.42. The average Bonchev–Trinajstić information content (AvgIpc) is 2.96. The van der Waals surface area contributed by atoms with Crippen molar-refractivity contribution in [1.29, 1.82) is 0 Å². The van der Waals surface area contributed by atoms with Gasteiger partial charge in [0.2, 0.25) is 0 Å². The number of carbonyl (C=O) groups excluding carboxylic acids is 1. The van der Waals surface area contributed by atoms with Gasteiger partial charge >= 0.3 is 5.97 Å². The van der Waals surface area contributed by atoms with Gasteiger partial charge in [-0.1, -0.05) is 6.07 Å². The maximum Gasteiger partial charge on any atom is 0.341 e. The van der Waals surface area contributed by atoms with Crippen LogP contribution in [0.1, 0.15) is 39.8 Å². The van der Waals surface area contributed by atoms with Crippen molar-refractivity contribution in [1.82, 2.24) is 20.4 Å². The van der Waals surface area contributed by atoms with Crippen molar-refractivity contribution >= 4 is 35.9 Å². The molecule has 8 nitrogen and oxygen atoms in total. The van der Waals surface area contributed by atoms with Crippen LogP contribution in [0.25, 0.3) is 0 Å². The maximum absolute atomic E-state index is 11.8. The number of rotatable bonds is 7. The zero-order valence-corrected chi connectivity index (χ0v) is 21.0. The van der Waals surface area contributed by atoms with Crippen LogP contribution in [-0.2, 0) is 24.8 Å². The van der Waals surface area contributed by atoms with E-state index in [1.54, 1.807) is 13.1 Å². The van der Waals surface area contributed by atoms with Gasteiger partial charge in [-0.05, 0) is 50.5 Å². The molecule has 1 heterocycles. The van der Waals surface area contributed by atoms with Gasteiger partial charge < -0.3 is 20.1 Å². The fourth-order valence-corrected chi connectivity index (χ4v) is 3.21. The van der Waals surface area contributed by atoms with E-state index in [0.717, 1.165) is 17.7 Å². The van der Waals surface area contributed by atoms with E-state index in [0.29, 0.717) is 23.8 Å². The zero-order chi connectivity index (χ0) is 21.6. The predicted octanol–water partition coefficient (Wildman–Crippen LogP) is 2.75. The largest absolute Gasteiger partial charge is 0.496 e. The Morgan fingerprint density at radius 1 is 1.30 bits per heavy atom. The van der Waals surface area contributed by atoms with Crippen LogP contribution in [0.15, 0.2) is 23.2 Å². The fourth-order valence-electron chi connectivity index (χ4n) is 3.21. The quantitative estimate of drug-likeness (QED) is 0.248. The summed E-state index contributed by atoms with van der Waals surface area (Å²) in [5.74, 6) is 0.761. The van der Waals surface area contributed by atoms with Gasteiger partial charge in [0, 0.05) is 32.4 Å². The molecule has 1 aromatic heterocycles. The lowest BCUT2D eigenvalue weighted by atomic mass is 10.1. The molecular weight excluding hydrogens is 497 g/mol. The van der Waals surface area contributed by atoms with Crippen molar-refractivity contribution in [2.45, 2.75) is 39.8 Å². The molecule has 166 valence electrons. The molecule has 0 aliphatic carbocycles. The van der Waals surface area contributed by atoms with Crippen LogP contribution in [0.5, 0.6) is 5.75 Å². The van der Waals surface area contributed by atoms with Crippen molar-refractivity contribution in [2.75, 3.05) is 21.3 Å². The molecule has 2 N–H and O–H groups in total. The van der Waals surface area contributed by atoms with Gasteiger partial charge in [0.15, 0.2) is 5.96 Å². The van der Waals surface area contributed by atoms with Crippen LogP contribution in [0, 0.1) is 13.8 Å². The second kappa shape index (κ2) is 11.8. The third-order valence-electron chi connectivity index (χ3n) is 4.91. The molecule has 0 amide bonds. The Morgan fingerprint density at radius 2 is 2.00 bits per heavy atom. The first-order chi connectivity index (χ1) is 13.8. The summed E-state index contributed by atoms with van der Waals surface area (Å²) in [6, 6.07) is 5.56. The number of nitrogens with one attached hydrogen (secondary N) is 2. The first-order valence-electron chi connectivity index (χ1n) is 9.52. The molecule has 0 aliphatic rings. The Balaban J connectivity index is 0.00000450. The van der Waals surface area contributed by atoms with Gasteiger partial charge in [0.25, 0.3) is 0 Å². The van der Waals surface area contributed by atoms with E-state index < -0.39 is 5.97 Å².